The maximum atomic E-state index is 13.1. The first-order valence-corrected chi connectivity index (χ1v) is 10.4. The molecule has 2 heterocycles. The summed E-state index contributed by atoms with van der Waals surface area (Å²) in [4.78, 5) is 27.4. The van der Waals surface area contributed by atoms with Crippen LogP contribution in [-0.4, -0.2) is 21.4 Å². The van der Waals surface area contributed by atoms with Crippen molar-refractivity contribution < 1.29 is 27.5 Å². The number of amides is 2. The molecule has 1 aliphatic heterocycles. The number of nitrogens with zero attached hydrogens (tertiary/aromatic N) is 1. The fraction of sp³-hybridized carbons (Fsp3) is 0.227. The number of nitrogens with one attached hydrogen (secondary N) is 1. The van der Waals surface area contributed by atoms with Gasteiger partial charge < -0.3 is 4.74 Å². The van der Waals surface area contributed by atoms with Crippen LogP contribution in [0.2, 0.25) is 0 Å². The molecule has 0 radical (unpaired) electrons. The largest absolute Gasteiger partial charge is 0.457 e. The van der Waals surface area contributed by atoms with Crippen molar-refractivity contribution in [3.63, 3.8) is 0 Å². The standard InChI is InChI=1S/C22H17F3N2O3S/c1-2-12-9-15(5-3-13(12)10-19-20(28)27-21(29)31-19)30-18-7-8-26-17-6-4-14(11-16(17)18)22(23,24)25/h3-9,11,19H,2,10H2,1H3,(H,27,28,29). The summed E-state index contributed by atoms with van der Waals surface area (Å²) in [6, 6.07) is 10.2. The van der Waals surface area contributed by atoms with Gasteiger partial charge in [-0.15, -0.1) is 0 Å². The van der Waals surface area contributed by atoms with E-state index in [1.165, 1.54) is 18.3 Å². The number of rotatable bonds is 5. The van der Waals surface area contributed by atoms with E-state index in [9.17, 15) is 22.8 Å². The molecule has 1 unspecified atom stereocenters. The van der Waals surface area contributed by atoms with Crippen LogP contribution < -0.4 is 10.1 Å². The van der Waals surface area contributed by atoms with Gasteiger partial charge in [-0.2, -0.15) is 13.2 Å². The summed E-state index contributed by atoms with van der Waals surface area (Å²) in [6.45, 7) is 1.95. The van der Waals surface area contributed by atoms with Gasteiger partial charge in [0.2, 0.25) is 5.91 Å². The molecular formula is C22H17F3N2O3S. The normalized spacial score (nSPS) is 16.6. The van der Waals surface area contributed by atoms with E-state index in [2.05, 4.69) is 10.3 Å². The molecular weight excluding hydrogens is 429 g/mol. The number of ether oxygens (including phenoxy) is 1. The van der Waals surface area contributed by atoms with Crippen LogP contribution in [0.15, 0.2) is 48.7 Å². The van der Waals surface area contributed by atoms with Gasteiger partial charge in [-0.1, -0.05) is 24.8 Å². The van der Waals surface area contributed by atoms with Gasteiger partial charge in [-0.25, -0.2) is 0 Å². The first-order valence-electron chi connectivity index (χ1n) is 9.51. The van der Waals surface area contributed by atoms with Crippen LogP contribution in [0.25, 0.3) is 10.9 Å². The summed E-state index contributed by atoms with van der Waals surface area (Å²) in [5.41, 5.74) is 1.46. The number of pyridine rings is 1. The van der Waals surface area contributed by atoms with E-state index in [4.69, 9.17) is 4.74 Å². The highest BCUT2D eigenvalue weighted by atomic mass is 32.2. The van der Waals surface area contributed by atoms with Crippen LogP contribution in [0.1, 0.15) is 23.6 Å². The van der Waals surface area contributed by atoms with Gasteiger partial charge in [0.15, 0.2) is 0 Å². The highest BCUT2D eigenvalue weighted by Gasteiger charge is 2.32. The Morgan fingerprint density at radius 2 is 1.90 bits per heavy atom. The Hall–Kier alpha value is -3.07. The van der Waals surface area contributed by atoms with E-state index in [1.807, 2.05) is 13.0 Å². The fourth-order valence-corrected chi connectivity index (χ4v) is 4.28. The quantitative estimate of drug-likeness (QED) is 0.560. The molecule has 4 rings (SSSR count). The number of aromatic nitrogens is 1. The molecule has 1 fully saturated rings. The Balaban J connectivity index is 1.63. The number of carbonyl (C=O) groups is 2. The summed E-state index contributed by atoms with van der Waals surface area (Å²) in [5.74, 6) is 0.424. The Morgan fingerprint density at radius 3 is 2.58 bits per heavy atom. The first kappa shape index (κ1) is 21.2. The molecule has 1 saturated heterocycles. The number of aryl methyl sites for hydroxylation is 1. The molecule has 9 heteroatoms. The average Bonchev–Trinajstić information content (AvgIpc) is 3.05. The molecule has 5 nitrogen and oxygen atoms in total. The molecule has 160 valence electrons. The zero-order chi connectivity index (χ0) is 22.2. The lowest BCUT2D eigenvalue weighted by atomic mass is 10.00. The molecule has 2 aromatic carbocycles. The third-order valence-electron chi connectivity index (χ3n) is 4.99. The summed E-state index contributed by atoms with van der Waals surface area (Å²) in [7, 11) is 0. The molecule has 1 atom stereocenters. The van der Waals surface area contributed by atoms with Crippen molar-refractivity contribution in [2.24, 2.45) is 0 Å². The van der Waals surface area contributed by atoms with Gasteiger partial charge in [0.05, 0.1) is 16.3 Å². The smallest absolute Gasteiger partial charge is 0.416 e. The second kappa shape index (κ2) is 8.22. The average molecular weight is 446 g/mol. The monoisotopic (exact) mass is 446 g/mol. The molecule has 0 spiro atoms. The van der Waals surface area contributed by atoms with Gasteiger partial charge >= 0.3 is 6.18 Å². The zero-order valence-electron chi connectivity index (χ0n) is 16.3. The minimum Gasteiger partial charge on any atom is -0.457 e. The lowest BCUT2D eigenvalue weighted by Gasteiger charge is -2.14. The maximum Gasteiger partial charge on any atom is 0.416 e. The Labute approximate surface area is 180 Å². The number of thioether (sulfide) groups is 1. The minimum absolute atomic E-state index is 0.261. The highest BCUT2D eigenvalue weighted by Crippen LogP contribution is 2.36. The molecule has 31 heavy (non-hydrogen) atoms. The number of hydrogen-bond acceptors (Lipinski definition) is 5. The number of halogens is 3. The number of fused-ring (bicyclic) bond motifs is 1. The third kappa shape index (κ3) is 4.51. The van der Waals surface area contributed by atoms with Crippen LogP contribution in [0, 0.1) is 0 Å². The summed E-state index contributed by atoms with van der Waals surface area (Å²) in [6.07, 6.45) is -1.93. The predicted octanol–water partition coefficient (Wildman–Crippen LogP) is 5.50. The lowest BCUT2D eigenvalue weighted by molar-refractivity contribution is -0.137. The number of carbonyl (C=O) groups excluding carboxylic acids is 2. The Bertz CT molecular complexity index is 1180. The number of alkyl halides is 3. The van der Waals surface area contributed by atoms with Crippen LogP contribution in [0.3, 0.4) is 0 Å². The van der Waals surface area contributed by atoms with Crippen molar-refractivity contribution >= 4 is 33.8 Å². The van der Waals surface area contributed by atoms with Crippen molar-refractivity contribution in [2.45, 2.75) is 31.2 Å². The third-order valence-corrected chi connectivity index (χ3v) is 5.97. The molecule has 1 aliphatic rings. The summed E-state index contributed by atoms with van der Waals surface area (Å²) in [5, 5.41) is 1.71. The molecule has 0 saturated carbocycles. The molecule has 0 bridgehead atoms. The van der Waals surface area contributed by atoms with E-state index in [-0.39, 0.29) is 22.3 Å². The van der Waals surface area contributed by atoms with Crippen LogP contribution in [0.4, 0.5) is 18.0 Å². The van der Waals surface area contributed by atoms with Gasteiger partial charge in [0.25, 0.3) is 5.24 Å². The summed E-state index contributed by atoms with van der Waals surface area (Å²) >= 11 is 0.970. The number of benzene rings is 2. The van der Waals surface area contributed by atoms with E-state index in [0.717, 1.165) is 35.0 Å². The van der Waals surface area contributed by atoms with E-state index < -0.39 is 17.0 Å². The van der Waals surface area contributed by atoms with Gasteiger partial charge in [0, 0.05) is 11.6 Å². The SMILES string of the molecule is CCc1cc(Oc2ccnc3ccc(C(F)(F)F)cc23)ccc1CC1SC(=O)NC1=O. The van der Waals surface area contributed by atoms with Gasteiger partial charge in [-0.3, -0.25) is 19.9 Å². The van der Waals surface area contributed by atoms with Crippen molar-refractivity contribution in [1.29, 1.82) is 0 Å². The topological polar surface area (TPSA) is 68.3 Å². The van der Waals surface area contributed by atoms with Gasteiger partial charge in [0.1, 0.15) is 11.5 Å². The minimum atomic E-state index is -4.47. The zero-order valence-corrected chi connectivity index (χ0v) is 17.1. The molecule has 2 amide bonds. The lowest BCUT2D eigenvalue weighted by Crippen LogP contribution is -2.25. The van der Waals surface area contributed by atoms with Crippen LogP contribution >= 0.6 is 11.8 Å². The van der Waals surface area contributed by atoms with Crippen LogP contribution in [-0.2, 0) is 23.8 Å². The number of hydrogen-bond donors (Lipinski definition) is 1. The second-order valence-electron chi connectivity index (χ2n) is 7.01. The van der Waals surface area contributed by atoms with E-state index in [1.54, 1.807) is 12.1 Å². The van der Waals surface area contributed by atoms with Crippen molar-refractivity contribution in [3.05, 3.63) is 65.4 Å². The molecule has 0 aliphatic carbocycles. The Kier molecular flexibility index (Phi) is 5.62. The van der Waals surface area contributed by atoms with Gasteiger partial charge in [-0.05, 0) is 60.4 Å². The van der Waals surface area contributed by atoms with E-state index >= 15 is 0 Å². The highest BCUT2D eigenvalue weighted by molar-refractivity contribution is 8.15. The molecule has 1 aromatic heterocycles. The number of imide groups is 1. The maximum absolute atomic E-state index is 13.1. The second-order valence-corrected chi connectivity index (χ2v) is 8.19. The molecule has 1 N–H and O–H groups in total. The van der Waals surface area contributed by atoms with Crippen LogP contribution in [0.5, 0.6) is 11.5 Å². The van der Waals surface area contributed by atoms with Crippen molar-refractivity contribution in [2.75, 3.05) is 0 Å². The fourth-order valence-electron chi connectivity index (χ4n) is 3.43. The summed E-state index contributed by atoms with van der Waals surface area (Å²) < 4.78 is 45.3. The van der Waals surface area contributed by atoms with E-state index in [0.29, 0.717) is 24.1 Å². The predicted molar refractivity (Wildman–Crippen MR) is 111 cm³/mol. The Morgan fingerprint density at radius 1 is 1.10 bits per heavy atom. The van der Waals surface area contributed by atoms with Crippen molar-refractivity contribution in [3.8, 4) is 11.5 Å². The first-order chi connectivity index (χ1) is 14.7. The van der Waals surface area contributed by atoms with Crippen molar-refractivity contribution in [1.82, 2.24) is 10.3 Å². The molecule has 3 aromatic rings.